The lowest BCUT2D eigenvalue weighted by Crippen LogP contribution is -2.17. The van der Waals surface area contributed by atoms with Crippen LogP contribution in [0.3, 0.4) is 0 Å². The molecule has 402 valence electrons. The maximum Gasteiger partial charge on any atom is 0.143 e. The summed E-state index contributed by atoms with van der Waals surface area (Å²) < 4.78 is 14.5. The third-order valence-electron chi connectivity index (χ3n) is 20.1. The van der Waals surface area contributed by atoms with Gasteiger partial charge in [0.1, 0.15) is 22.3 Å². The van der Waals surface area contributed by atoms with Crippen LogP contribution in [-0.2, 0) is 27.1 Å². The maximum atomic E-state index is 7.24. The molecule has 2 heterocycles. The van der Waals surface area contributed by atoms with Crippen molar-refractivity contribution in [2.24, 2.45) is 0 Å². The third kappa shape index (κ3) is 6.63. The van der Waals surface area contributed by atoms with E-state index in [0.29, 0.717) is 11.8 Å². The first kappa shape index (κ1) is 50.3. The second-order valence-electron chi connectivity index (χ2n) is 28.7. The van der Waals surface area contributed by atoms with Crippen molar-refractivity contribution in [1.82, 2.24) is 0 Å². The Morgan fingerprint density at radius 3 is 0.975 bits per heavy atom. The van der Waals surface area contributed by atoms with Gasteiger partial charge in [-0.25, -0.2) is 0 Å². The Morgan fingerprint density at radius 2 is 0.605 bits per heavy atom. The Labute approximate surface area is 478 Å². The summed E-state index contributed by atoms with van der Waals surface area (Å²) in [6.45, 7) is 37.9. The minimum absolute atomic E-state index is 0.0666. The van der Waals surface area contributed by atoms with Crippen molar-refractivity contribution in [3.05, 3.63) is 201 Å². The highest BCUT2D eigenvalue weighted by Gasteiger charge is 2.46. The molecule has 2 nitrogen and oxygen atoms in total. The summed E-state index contributed by atoms with van der Waals surface area (Å²) in [5.74, 6) is 0.583. The van der Waals surface area contributed by atoms with Crippen molar-refractivity contribution < 1.29 is 8.83 Å². The molecular weight excluding hydrogens is 981 g/mol. The normalized spacial score (nSPS) is 15.7. The van der Waals surface area contributed by atoms with Crippen molar-refractivity contribution in [3.63, 3.8) is 0 Å². The Bertz CT molecular complexity index is 4480. The molecule has 2 aromatic heterocycles. The number of hydrogen-bond acceptors (Lipinski definition) is 2. The lowest BCUT2D eigenvalue weighted by Gasteiger charge is -2.25. The van der Waals surface area contributed by atoms with E-state index in [1.54, 1.807) is 0 Å². The molecule has 10 aromatic carbocycles. The van der Waals surface area contributed by atoms with Crippen LogP contribution < -0.4 is 0 Å². The van der Waals surface area contributed by atoms with Crippen LogP contribution in [0.4, 0.5) is 0 Å². The first-order valence-electron chi connectivity index (χ1n) is 29.9. The fourth-order valence-corrected chi connectivity index (χ4v) is 15.7. The Hall–Kier alpha value is -7.68. The fraction of sp³-hybridized carbons (Fsp3) is 0.291. The summed E-state index contributed by atoms with van der Waals surface area (Å²) in [5, 5.41) is 9.89. The number of para-hydroxylation sites is 2. The summed E-state index contributed by atoms with van der Waals surface area (Å²) in [7, 11) is 0. The number of hydrogen-bond donors (Lipinski definition) is 0. The molecule has 0 radical (unpaired) electrons. The molecule has 12 aromatic rings. The van der Waals surface area contributed by atoms with Gasteiger partial charge in [-0.2, -0.15) is 0 Å². The van der Waals surface area contributed by atoms with E-state index in [9.17, 15) is 0 Å². The minimum atomic E-state index is -0.280. The standard InChI is InChI=1S/C79H74O2/c1-41(2)43-31-33-51-49-27-21-29-59(75(5,6)7)71(49)80-73(51)69(43)55-37-65-67(47-25-19-17-23-45(47)55)57-39-61-53(35-63(57)78(65,13)14)54-36-64-58(40-62(54)77(61,11)12)68-48-26-20-18-24-46(48)56(38-66(68)79(64,15)16)70-44(42(3)4)32-34-52-50-28-22-30-60(76(8,9)10)72(50)81-74(52)70/h17-42H,1-16H3. The first-order chi connectivity index (χ1) is 38.4. The Kier molecular flexibility index (Phi) is 10.1. The lowest BCUT2D eigenvalue weighted by atomic mass is 9.78. The first-order valence-corrected chi connectivity index (χ1v) is 29.9. The van der Waals surface area contributed by atoms with Crippen molar-refractivity contribution in [2.75, 3.05) is 0 Å². The molecule has 2 heteroatoms. The van der Waals surface area contributed by atoms with Gasteiger partial charge in [-0.15, -0.1) is 0 Å². The van der Waals surface area contributed by atoms with E-state index in [1.807, 2.05) is 0 Å². The van der Waals surface area contributed by atoms with Gasteiger partial charge in [-0.1, -0.05) is 220 Å². The van der Waals surface area contributed by atoms with Gasteiger partial charge in [0.25, 0.3) is 0 Å². The van der Waals surface area contributed by atoms with Gasteiger partial charge < -0.3 is 8.83 Å². The van der Waals surface area contributed by atoms with Crippen molar-refractivity contribution in [1.29, 1.82) is 0 Å². The van der Waals surface area contributed by atoms with Gasteiger partial charge in [0.05, 0.1) is 0 Å². The number of furan rings is 2. The van der Waals surface area contributed by atoms with Crippen molar-refractivity contribution in [3.8, 4) is 55.6 Å². The number of benzene rings is 10. The SMILES string of the molecule is CC(C)c1ccc2c(oc3c(C(C)(C)C)cccc32)c1-c1cc2c(c3ccccc13)-c1cc3c(cc1C2(C)C)-c1cc2c(cc1C3(C)C)-c1c(cc(-c3c(C(C)C)ccc4c3oc3c(C(C)(C)C)cccc34)c3ccccc13)C2(C)C. The van der Waals surface area contributed by atoms with Gasteiger partial charge in [-0.3, -0.25) is 0 Å². The van der Waals surface area contributed by atoms with Crippen LogP contribution in [0.2, 0.25) is 0 Å². The average molecular weight is 1060 g/mol. The van der Waals surface area contributed by atoms with Gasteiger partial charge in [0.15, 0.2) is 0 Å². The van der Waals surface area contributed by atoms with Crippen LogP contribution in [0.5, 0.6) is 0 Å². The van der Waals surface area contributed by atoms with E-state index >= 15 is 0 Å². The average Bonchev–Trinajstić information content (AvgIpc) is 3.56. The molecular formula is C79H74O2. The molecule has 0 saturated carbocycles. The highest BCUT2D eigenvalue weighted by Crippen LogP contribution is 2.62. The van der Waals surface area contributed by atoms with Gasteiger partial charge >= 0.3 is 0 Å². The largest absolute Gasteiger partial charge is 0.455 e. The molecule has 0 bridgehead atoms. The number of rotatable bonds is 4. The van der Waals surface area contributed by atoms with E-state index in [4.69, 9.17) is 8.83 Å². The van der Waals surface area contributed by atoms with Crippen LogP contribution in [0.25, 0.3) is 121 Å². The maximum absolute atomic E-state index is 7.24. The number of fused-ring (bicyclic) bond motifs is 19. The zero-order valence-corrected chi connectivity index (χ0v) is 50.3. The highest BCUT2D eigenvalue weighted by atomic mass is 16.3. The quantitative estimate of drug-likeness (QED) is 0.176. The predicted molar refractivity (Wildman–Crippen MR) is 345 cm³/mol. The second-order valence-corrected chi connectivity index (χ2v) is 28.7. The fourth-order valence-electron chi connectivity index (χ4n) is 15.7. The second kappa shape index (κ2) is 16.3. The van der Waals surface area contributed by atoms with Crippen LogP contribution >= 0.6 is 0 Å². The van der Waals surface area contributed by atoms with Crippen molar-refractivity contribution in [2.45, 2.75) is 150 Å². The van der Waals surface area contributed by atoms with Gasteiger partial charge in [-0.05, 0) is 170 Å². The summed E-state index contributed by atoms with van der Waals surface area (Å²) in [6.07, 6.45) is 0. The van der Waals surface area contributed by atoms with Crippen LogP contribution in [0.15, 0.2) is 154 Å². The zero-order valence-electron chi connectivity index (χ0n) is 50.3. The molecule has 0 aliphatic heterocycles. The molecule has 3 aliphatic carbocycles. The Morgan fingerprint density at radius 1 is 0.296 bits per heavy atom. The minimum Gasteiger partial charge on any atom is -0.455 e. The summed E-state index contributed by atoms with van der Waals surface area (Å²) in [4.78, 5) is 0. The molecule has 0 N–H and O–H groups in total. The monoisotopic (exact) mass is 1050 g/mol. The third-order valence-corrected chi connectivity index (χ3v) is 20.1. The van der Waals surface area contributed by atoms with E-state index in [2.05, 4.69) is 256 Å². The van der Waals surface area contributed by atoms with E-state index in [1.165, 1.54) is 154 Å². The topological polar surface area (TPSA) is 26.3 Å². The van der Waals surface area contributed by atoms with Crippen LogP contribution in [0, 0.1) is 0 Å². The molecule has 0 saturated heterocycles. The molecule has 81 heavy (non-hydrogen) atoms. The molecule has 0 unspecified atom stereocenters. The summed E-state index contributed by atoms with van der Waals surface area (Å²) in [6, 6.07) is 56.7. The van der Waals surface area contributed by atoms with Crippen LogP contribution in [-0.4, -0.2) is 0 Å². The summed E-state index contributed by atoms with van der Waals surface area (Å²) >= 11 is 0. The van der Waals surface area contributed by atoms with E-state index in [0.717, 1.165) is 22.3 Å². The van der Waals surface area contributed by atoms with E-state index in [-0.39, 0.29) is 27.1 Å². The molecule has 0 fully saturated rings. The lowest BCUT2D eigenvalue weighted by molar-refractivity contribution is 0.572. The smallest absolute Gasteiger partial charge is 0.143 e. The van der Waals surface area contributed by atoms with Gasteiger partial charge in [0.2, 0.25) is 0 Å². The van der Waals surface area contributed by atoms with E-state index < -0.39 is 0 Å². The molecule has 0 spiro atoms. The molecule has 15 rings (SSSR count). The molecule has 3 aliphatic rings. The van der Waals surface area contributed by atoms with Crippen LogP contribution in [0.1, 0.15) is 178 Å². The van der Waals surface area contributed by atoms with Gasteiger partial charge in [0, 0.05) is 60.0 Å². The zero-order chi connectivity index (χ0) is 56.5. The highest BCUT2D eigenvalue weighted by molar-refractivity contribution is 6.19. The molecule has 0 atom stereocenters. The predicted octanol–water partition coefficient (Wildman–Crippen LogP) is 22.9. The summed E-state index contributed by atoms with van der Waals surface area (Å²) in [5.41, 5.74) is 29.7. The Balaban J connectivity index is 0.913. The molecule has 0 amide bonds. The van der Waals surface area contributed by atoms with Crippen molar-refractivity contribution >= 4 is 65.4 Å².